The van der Waals surface area contributed by atoms with Gasteiger partial charge in [0.1, 0.15) is 6.54 Å². The molecule has 2 heterocycles. The molecule has 31 heavy (non-hydrogen) atoms. The summed E-state index contributed by atoms with van der Waals surface area (Å²) in [7, 11) is 0. The van der Waals surface area contributed by atoms with Crippen molar-refractivity contribution in [1.29, 1.82) is 0 Å². The molecule has 1 aromatic heterocycles. The quantitative estimate of drug-likeness (QED) is 0.483. The standard InChI is InChI=1S/C27H27N3O/c31-26(21-30-16-15-22-9-7-8-14-25(22)30)28-17-19-29(20-18-28)27(23-10-3-1-4-11-23)24-12-5-2-6-13-24/h1-16,27H,17-21H2. The van der Waals surface area contributed by atoms with Gasteiger partial charge in [0, 0.05) is 37.9 Å². The zero-order valence-electron chi connectivity index (χ0n) is 17.6. The molecule has 0 N–H and O–H groups in total. The Morgan fingerprint density at radius 3 is 1.94 bits per heavy atom. The van der Waals surface area contributed by atoms with E-state index in [-0.39, 0.29) is 11.9 Å². The molecule has 1 amide bonds. The molecule has 0 atom stereocenters. The van der Waals surface area contributed by atoms with Crippen molar-refractivity contribution in [3.05, 3.63) is 108 Å². The summed E-state index contributed by atoms with van der Waals surface area (Å²) in [5.74, 6) is 0.192. The van der Waals surface area contributed by atoms with Gasteiger partial charge in [-0.2, -0.15) is 0 Å². The van der Waals surface area contributed by atoms with Crippen LogP contribution in [0.15, 0.2) is 97.2 Å². The predicted molar refractivity (Wildman–Crippen MR) is 125 cm³/mol. The number of amides is 1. The molecule has 4 aromatic rings. The zero-order chi connectivity index (χ0) is 21.0. The van der Waals surface area contributed by atoms with Crippen molar-refractivity contribution in [2.45, 2.75) is 12.6 Å². The van der Waals surface area contributed by atoms with Crippen LogP contribution in [0.3, 0.4) is 0 Å². The number of aromatic nitrogens is 1. The molecule has 1 saturated heterocycles. The van der Waals surface area contributed by atoms with Crippen molar-refractivity contribution in [2.75, 3.05) is 26.2 Å². The van der Waals surface area contributed by atoms with E-state index in [9.17, 15) is 4.79 Å². The first-order valence-electron chi connectivity index (χ1n) is 11.0. The normalized spacial score (nSPS) is 14.9. The Morgan fingerprint density at radius 2 is 1.29 bits per heavy atom. The highest BCUT2D eigenvalue weighted by Crippen LogP contribution is 2.29. The van der Waals surface area contributed by atoms with Gasteiger partial charge >= 0.3 is 0 Å². The lowest BCUT2D eigenvalue weighted by Crippen LogP contribution is -2.50. The van der Waals surface area contributed by atoms with E-state index in [0.717, 1.165) is 31.7 Å². The molecular weight excluding hydrogens is 382 g/mol. The van der Waals surface area contributed by atoms with Gasteiger partial charge < -0.3 is 9.47 Å². The molecular formula is C27H27N3O. The van der Waals surface area contributed by atoms with Crippen molar-refractivity contribution in [3.8, 4) is 0 Å². The number of carbonyl (C=O) groups excluding carboxylic acids is 1. The predicted octanol–water partition coefficient (Wildman–Crippen LogP) is 4.58. The van der Waals surface area contributed by atoms with Crippen LogP contribution in [0.1, 0.15) is 17.2 Å². The zero-order valence-corrected chi connectivity index (χ0v) is 17.6. The maximum atomic E-state index is 13.0. The van der Waals surface area contributed by atoms with Gasteiger partial charge in [-0.1, -0.05) is 78.9 Å². The number of hydrogen-bond donors (Lipinski definition) is 0. The summed E-state index contributed by atoms with van der Waals surface area (Å²) < 4.78 is 2.06. The second-order valence-electron chi connectivity index (χ2n) is 8.14. The monoisotopic (exact) mass is 409 g/mol. The fraction of sp³-hybridized carbons (Fsp3) is 0.222. The summed E-state index contributed by atoms with van der Waals surface area (Å²) in [6.07, 6.45) is 2.01. The molecule has 4 heteroatoms. The smallest absolute Gasteiger partial charge is 0.242 e. The average molecular weight is 410 g/mol. The highest BCUT2D eigenvalue weighted by Gasteiger charge is 2.28. The molecule has 0 radical (unpaired) electrons. The van der Waals surface area contributed by atoms with E-state index in [1.807, 2.05) is 23.2 Å². The number of fused-ring (bicyclic) bond motifs is 1. The summed E-state index contributed by atoms with van der Waals surface area (Å²) in [6.45, 7) is 3.65. The van der Waals surface area contributed by atoms with Crippen LogP contribution in [0.5, 0.6) is 0 Å². The third-order valence-electron chi connectivity index (χ3n) is 6.25. The van der Waals surface area contributed by atoms with E-state index >= 15 is 0 Å². The number of hydrogen-bond acceptors (Lipinski definition) is 2. The van der Waals surface area contributed by atoms with Gasteiger partial charge in [-0.05, 0) is 28.6 Å². The highest BCUT2D eigenvalue weighted by atomic mass is 16.2. The molecule has 1 aliphatic heterocycles. The summed E-state index contributed by atoms with van der Waals surface area (Å²) in [5, 5.41) is 1.17. The highest BCUT2D eigenvalue weighted by molar-refractivity contribution is 5.83. The first-order chi connectivity index (χ1) is 15.3. The van der Waals surface area contributed by atoms with Gasteiger partial charge in [0.05, 0.1) is 6.04 Å². The molecule has 0 unspecified atom stereocenters. The van der Waals surface area contributed by atoms with Crippen molar-refractivity contribution >= 4 is 16.8 Å². The van der Waals surface area contributed by atoms with E-state index in [1.165, 1.54) is 16.5 Å². The van der Waals surface area contributed by atoms with Crippen molar-refractivity contribution in [2.24, 2.45) is 0 Å². The van der Waals surface area contributed by atoms with Crippen LogP contribution >= 0.6 is 0 Å². The Bertz CT molecular complexity index is 1110. The Labute approximate surface area is 183 Å². The number of rotatable bonds is 5. The van der Waals surface area contributed by atoms with Gasteiger partial charge in [-0.15, -0.1) is 0 Å². The van der Waals surface area contributed by atoms with Crippen LogP contribution in [0.25, 0.3) is 10.9 Å². The number of piperazine rings is 1. The van der Waals surface area contributed by atoms with Crippen molar-refractivity contribution in [1.82, 2.24) is 14.4 Å². The molecule has 4 nitrogen and oxygen atoms in total. The Balaban J connectivity index is 1.29. The van der Waals surface area contributed by atoms with E-state index in [2.05, 4.69) is 88.3 Å². The van der Waals surface area contributed by atoms with Crippen LogP contribution in [-0.2, 0) is 11.3 Å². The van der Waals surface area contributed by atoms with Crippen LogP contribution in [0.4, 0.5) is 0 Å². The lowest BCUT2D eigenvalue weighted by atomic mass is 9.96. The molecule has 0 saturated carbocycles. The minimum Gasteiger partial charge on any atom is -0.339 e. The van der Waals surface area contributed by atoms with Crippen molar-refractivity contribution < 1.29 is 4.79 Å². The van der Waals surface area contributed by atoms with Gasteiger partial charge in [0.2, 0.25) is 5.91 Å². The summed E-state index contributed by atoms with van der Waals surface area (Å²) >= 11 is 0. The van der Waals surface area contributed by atoms with Crippen molar-refractivity contribution in [3.63, 3.8) is 0 Å². The molecule has 0 aliphatic carbocycles. The second kappa shape index (κ2) is 8.78. The first kappa shape index (κ1) is 19.6. The van der Waals surface area contributed by atoms with Gasteiger partial charge in [0.25, 0.3) is 0 Å². The van der Waals surface area contributed by atoms with Gasteiger partial charge in [-0.25, -0.2) is 0 Å². The Hall–Kier alpha value is -3.37. The van der Waals surface area contributed by atoms with Gasteiger partial charge in [-0.3, -0.25) is 9.69 Å². The lowest BCUT2D eigenvalue weighted by molar-refractivity contribution is -0.133. The van der Waals surface area contributed by atoms with Crippen LogP contribution in [0, 0.1) is 0 Å². The molecule has 1 fully saturated rings. The fourth-order valence-electron chi connectivity index (χ4n) is 4.64. The minimum atomic E-state index is 0.192. The van der Waals surface area contributed by atoms with E-state index in [4.69, 9.17) is 0 Å². The lowest BCUT2D eigenvalue weighted by Gasteiger charge is -2.40. The molecule has 0 spiro atoms. The van der Waals surface area contributed by atoms with Crippen LogP contribution < -0.4 is 0 Å². The number of para-hydroxylation sites is 1. The molecule has 156 valence electrons. The fourth-order valence-corrected chi connectivity index (χ4v) is 4.64. The van der Waals surface area contributed by atoms with Crippen LogP contribution in [-0.4, -0.2) is 46.5 Å². The topological polar surface area (TPSA) is 28.5 Å². The summed E-state index contributed by atoms with van der Waals surface area (Å²) in [4.78, 5) is 17.5. The summed E-state index contributed by atoms with van der Waals surface area (Å²) in [5.41, 5.74) is 3.71. The van der Waals surface area contributed by atoms with E-state index in [0.29, 0.717) is 6.54 Å². The molecule has 5 rings (SSSR count). The van der Waals surface area contributed by atoms with E-state index < -0.39 is 0 Å². The maximum Gasteiger partial charge on any atom is 0.242 e. The van der Waals surface area contributed by atoms with Crippen LogP contribution in [0.2, 0.25) is 0 Å². The van der Waals surface area contributed by atoms with Gasteiger partial charge in [0.15, 0.2) is 0 Å². The number of carbonyl (C=O) groups is 1. The summed E-state index contributed by atoms with van der Waals surface area (Å²) in [6, 6.07) is 31.8. The second-order valence-corrected chi connectivity index (χ2v) is 8.14. The minimum absolute atomic E-state index is 0.192. The Kier molecular flexibility index (Phi) is 5.55. The SMILES string of the molecule is O=C(Cn1ccc2ccccc21)N1CCN(C(c2ccccc2)c2ccccc2)CC1. The number of benzene rings is 3. The van der Waals surface area contributed by atoms with E-state index in [1.54, 1.807) is 0 Å². The Morgan fingerprint density at radius 1 is 0.710 bits per heavy atom. The molecule has 1 aliphatic rings. The first-order valence-corrected chi connectivity index (χ1v) is 11.0. The largest absolute Gasteiger partial charge is 0.339 e. The average Bonchev–Trinajstić information content (AvgIpc) is 3.24. The molecule has 0 bridgehead atoms. The third kappa shape index (κ3) is 4.12. The maximum absolute atomic E-state index is 13.0. The number of nitrogens with zero attached hydrogens (tertiary/aromatic N) is 3. The molecule has 3 aromatic carbocycles. The third-order valence-corrected chi connectivity index (χ3v) is 6.25.